The van der Waals surface area contributed by atoms with Crippen molar-refractivity contribution in [3.8, 4) is 6.07 Å². The van der Waals surface area contributed by atoms with Crippen molar-refractivity contribution >= 4 is 29.2 Å². The van der Waals surface area contributed by atoms with E-state index in [2.05, 4.69) is 5.32 Å². The van der Waals surface area contributed by atoms with Crippen molar-refractivity contribution < 1.29 is 9.59 Å². The monoisotopic (exact) mass is 265 g/mol. The van der Waals surface area contributed by atoms with Crippen LogP contribution in [0.4, 0.5) is 10.5 Å². The number of halogens is 1. The number of imide groups is 1. The van der Waals surface area contributed by atoms with Crippen LogP contribution in [0.5, 0.6) is 0 Å². The topological polar surface area (TPSA) is 73.2 Å². The van der Waals surface area contributed by atoms with Crippen LogP contribution in [0.25, 0.3) is 0 Å². The molecule has 0 fully saturated rings. The van der Waals surface area contributed by atoms with Gasteiger partial charge in [-0.25, -0.2) is 4.79 Å². The SMILES string of the molecule is CC(Cl)C(=O)NC(=O)N(C)c1ccc(C#N)cc1. The van der Waals surface area contributed by atoms with Crippen LogP contribution in [0.1, 0.15) is 12.5 Å². The number of amides is 3. The zero-order valence-corrected chi connectivity index (χ0v) is 10.7. The Morgan fingerprint density at radius 2 is 1.94 bits per heavy atom. The number of nitriles is 1. The molecule has 1 aromatic rings. The lowest BCUT2D eigenvalue weighted by atomic mass is 10.2. The molecule has 0 saturated heterocycles. The van der Waals surface area contributed by atoms with Crippen LogP contribution in [0.3, 0.4) is 0 Å². The van der Waals surface area contributed by atoms with Crippen LogP contribution in [-0.4, -0.2) is 24.4 Å². The highest BCUT2D eigenvalue weighted by Gasteiger charge is 2.17. The summed E-state index contributed by atoms with van der Waals surface area (Å²) < 4.78 is 0. The smallest absolute Gasteiger partial charge is 0.297 e. The van der Waals surface area contributed by atoms with E-state index in [0.717, 1.165) is 0 Å². The first-order valence-corrected chi connectivity index (χ1v) is 5.62. The summed E-state index contributed by atoms with van der Waals surface area (Å²) in [5.41, 5.74) is 1.07. The van der Waals surface area contributed by atoms with Crippen LogP contribution < -0.4 is 10.2 Å². The summed E-state index contributed by atoms with van der Waals surface area (Å²) in [7, 11) is 1.52. The van der Waals surface area contributed by atoms with Gasteiger partial charge < -0.3 is 0 Å². The molecule has 0 aliphatic carbocycles. The molecular formula is C12H12ClN3O2. The van der Waals surface area contributed by atoms with Crippen molar-refractivity contribution in [2.75, 3.05) is 11.9 Å². The van der Waals surface area contributed by atoms with Gasteiger partial charge in [-0.15, -0.1) is 11.6 Å². The molecule has 6 heteroatoms. The number of anilines is 1. The minimum absolute atomic E-state index is 0.498. The summed E-state index contributed by atoms with van der Waals surface area (Å²) in [6.07, 6.45) is 0. The van der Waals surface area contributed by atoms with Gasteiger partial charge in [0.25, 0.3) is 0 Å². The van der Waals surface area contributed by atoms with Crippen molar-refractivity contribution in [2.24, 2.45) is 0 Å². The Morgan fingerprint density at radius 1 is 1.39 bits per heavy atom. The normalized spacial score (nSPS) is 11.2. The van der Waals surface area contributed by atoms with Gasteiger partial charge in [-0.2, -0.15) is 5.26 Å². The minimum Gasteiger partial charge on any atom is -0.297 e. The summed E-state index contributed by atoms with van der Waals surface area (Å²) in [5, 5.41) is 10.0. The van der Waals surface area contributed by atoms with Crippen LogP contribution in [-0.2, 0) is 4.79 Å². The standard InChI is InChI=1S/C12H12ClN3O2/c1-8(13)11(17)15-12(18)16(2)10-5-3-9(7-14)4-6-10/h3-6,8H,1-2H3,(H,15,17,18). The van der Waals surface area contributed by atoms with Crippen molar-refractivity contribution in [3.63, 3.8) is 0 Å². The van der Waals surface area contributed by atoms with Gasteiger partial charge in [0.15, 0.2) is 0 Å². The molecule has 0 aromatic heterocycles. The number of nitrogens with one attached hydrogen (secondary N) is 1. The third kappa shape index (κ3) is 3.47. The van der Waals surface area contributed by atoms with Gasteiger partial charge in [0, 0.05) is 12.7 Å². The van der Waals surface area contributed by atoms with E-state index < -0.39 is 17.3 Å². The number of hydrogen-bond acceptors (Lipinski definition) is 3. The molecule has 1 atom stereocenters. The van der Waals surface area contributed by atoms with Crippen molar-refractivity contribution in [1.29, 1.82) is 5.26 Å². The van der Waals surface area contributed by atoms with E-state index in [0.29, 0.717) is 11.3 Å². The highest BCUT2D eigenvalue weighted by Crippen LogP contribution is 2.13. The lowest BCUT2D eigenvalue weighted by molar-refractivity contribution is -0.119. The Kier molecular flexibility index (Phi) is 4.69. The van der Waals surface area contributed by atoms with Crippen LogP contribution in [0.15, 0.2) is 24.3 Å². The van der Waals surface area contributed by atoms with Crippen LogP contribution >= 0.6 is 11.6 Å². The molecule has 0 aliphatic heterocycles. The summed E-state index contributed by atoms with van der Waals surface area (Å²) in [5.74, 6) is -0.554. The molecular weight excluding hydrogens is 254 g/mol. The fourth-order valence-electron chi connectivity index (χ4n) is 1.17. The minimum atomic E-state index is -0.775. The molecule has 0 aliphatic rings. The molecule has 1 rings (SSSR count). The van der Waals surface area contributed by atoms with Crippen molar-refractivity contribution in [2.45, 2.75) is 12.3 Å². The summed E-state index contributed by atoms with van der Waals surface area (Å²) in [4.78, 5) is 24.2. The Hall–Kier alpha value is -2.06. The van der Waals surface area contributed by atoms with Gasteiger partial charge in [-0.05, 0) is 31.2 Å². The highest BCUT2D eigenvalue weighted by molar-refractivity contribution is 6.31. The molecule has 5 nitrogen and oxygen atoms in total. The van der Waals surface area contributed by atoms with Crippen molar-refractivity contribution in [3.05, 3.63) is 29.8 Å². The lowest BCUT2D eigenvalue weighted by Crippen LogP contribution is -2.43. The second-order valence-corrected chi connectivity index (χ2v) is 4.28. The number of alkyl halides is 1. The number of carbonyl (C=O) groups excluding carboxylic acids is 2. The average Bonchev–Trinajstić information content (AvgIpc) is 2.37. The Morgan fingerprint density at radius 3 is 2.39 bits per heavy atom. The first kappa shape index (κ1) is 14.0. The molecule has 1 N–H and O–H groups in total. The van der Waals surface area contributed by atoms with Crippen molar-refractivity contribution in [1.82, 2.24) is 5.32 Å². The van der Waals surface area contributed by atoms with Gasteiger partial charge in [0.2, 0.25) is 5.91 Å². The van der Waals surface area contributed by atoms with E-state index in [-0.39, 0.29) is 0 Å². The molecule has 94 valence electrons. The van der Waals surface area contributed by atoms with E-state index in [1.807, 2.05) is 6.07 Å². The zero-order valence-electron chi connectivity index (χ0n) is 9.98. The summed E-state index contributed by atoms with van der Waals surface area (Å²) >= 11 is 5.54. The number of benzene rings is 1. The second-order valence-electron chi connectivity index (χ2n) is 3.63. The molecule has 1 unspecified atom stereocenters. The predicted octanol–water partition coefficient (Wildman–Crippen LogP) is 1.86. The van der Waals surface area contributed by atoms with Gasteiger partial charge in [-0.3, -0.25) is 15.0 Å². The Labute approximate surface area is 110 Å². The second kappa shape index (κ2) is 6.03. The molecule has 1 aromatic carbocycles. The van der Waals surface area contributed by atoms with Gasteiger partial charge in [0.1, 0.15) is 5.38 Å². The highest BCUT2D eigenvalue weighted by atomic mass is 35.5. The number of carbonyl (C=O) groups is 2. The zero-order chi connectivity index (χ0) is 13.7. The van der Waals surface area contributed by atoms with E-state index in [1.54, 1.807) is 24.3 Å². The molecule has 0 radical (unpaired) electrons. The first-order chi connectivity index (χ1) is 8.45. The number of rotatable bonds is 2. The maximum atomic E-state index is 11.7. The number of nitrogens with zero attached hydrogens (tertiary/aromatic N) is 2. The largest absolute Gasteiger partial charge is 0.328 e. The third-order valence-electron chi connectivity index (χ3n) is 2.28. The molecule has 3 amide bonds. The van der Waals surface area contributed by atoms with E-state index in [4.69, 9.17) is 16.9 Å². The molecule has 0 bridgehead atoms. The molecule has 18 heavy (non-hydrogen) atoms. The summed E-state index contributed by atoms with van der Waals surface area (Å²) in [6.45, 7) is 1.48. The van der Waals surface area contributed by atoms with Crippen LogP contribution in [0, 0.1) is 11.3 Å². The molecule has 0 saturated carbocycles. The van der Waals surface area contributed by atoms with E-state index in [9.17, 15) is 9.59 Å². The van der Waals surface area contributed by atoms with Crippen LogP contribution in [0.2, 0.25) is 0 Å². The Bertz CT molecular complexity index is 491. The lowest BCUT2D eigenvalue weighted by Gasteiger charge is -2.17. The average molecular weight is 266 g/mol. The number of hydrogen-bond donors (Lipinski definition) is 1. The van der Waals surface area contributed by atoms with Gasteiger partial charge in [-0.1, -0.05) is 0 Å². The maximum absolute atomic E-state index is 11.7. The number of urea groups is 1. The molecule has 0 spiro atoms. The van der Waals surface area contributed by atoms with E-state index >= 15 is 0 Å². The quantitative estimate of drug-likeness (QED) is 0.830. The maximum Gasteiger partial charge on any atom is 0.328 e. The Balaban J connectivity index is 2.74. The predicted molar refractivity (Wildman–Crippen MR) is 68.4 cm³/mol. The van der Waals surface area contributed by atoms with Gasteiger partial charge in [0.05, 0.1) is 11.6 Å². The van der Waals surface area contributed by atoms with E-state index in [1.165, 1.54) is 18.9 Å². The fraction of sp³-hybridized carbons (Fsp3) is 0.250. The fourth-order valence-corrected chi connectivity index (χ4v) is 1.22. The third-order valence-corrected chi connectivity index (χ3v) is 2.48. The van der Waals surface area contributed by atoms with Gasteiger partial charge >= 0.3 is 6.03 Å². The summed E-state index contributed by atoms with van der Waals surface area (Å²) in [6, 6.07) is 7.82. The molecule has 0 heterocycles. The first-order valence-electron chi connectivity index (χ1n) is 5.18.